The molecule has 7 heteroatoms. The second-order valence-electron chi connectivity index (χ2n) is 4.71. The zero-order valence-corrected chi connectivity index (χ0v) is 15.9. The molecular formula is C16H25FIN3O2. The summed E-state index contributed by atoms with van der Waals surface area (Å²) in [7, 11) is 1.68. The summed E-state index contributed by atoms with van der Waals surface area (Å²) in [6.07, 6.45) is 1.78. The van der Waals surface area contributed by atoms with E-state index in [0.717, 1.165) is 5.56 Å². The summed E-state index contributed by atoms with van der Waals surface area (Å²) in [6, 6.07) is 6.55. The molecule has 0 heterocycles. The standard InChI is InChI=1S/C16H24FN3O2.HI/c1-3-22-15(21)8-5-10-19-16(18-2)20-11-9-13-6-4-7-14(17)12-13;/h4,6-7,12H,3,5,8-11H2,1-2H3,(H2,18,19,20);1H. The molecule has 130 valence electrons. The van der Waals surface area contributed by atoms with E-state index in [2.05, 4.69) is 15.6 Å². The van der Waals surface area contributed by atoms with Gasteiger partial charge in [0.05, 0.1) is 6.61 Å². The van der Waals surface area contributed by atoms with Gasteiger partial charge in [-0.1, -0.05) is 12.1 Å². The van der Waals surface area contributed by atoms with Gasteiger partial charge in [-0.3, -0.25) is 9.79 Å². The molecule has 0 bridgehead atoms. The molecule has 0 aliphatic carbocycles. The van der Waals surface area contributed by atoms with Gasteiger partial charge in [-0.25, -0.2) is 4.39 Å². The molecule has 0 saturated carbocycles. The number of hydrogen-bond donors (Lipinski definition) is 2. The highest BCUT2D eigenvalue weighted by Crippen LogP contribution is 2.03. The number of halogens is 2. The molecule has 1 rings (SSSR count). The highest BCUT2D eigenvalue weighted by Gasteiger charge is 2.02. The number of nitrogens with one attached hydrogen (secondary N) is 2. The Bertz CT molecular complexity index is 498. The van der Waals surface area contributed by atoms with Crippen LogP contribution in [0.2, 0.25) is 0 Å². The first-order chi connectivity index (χ1) is 10.7. The van der Waals surface area contributed by atoms with Crippen molar-refractivity contribution < 1.29 is 13.9 Å². The number of carbonyl (C=O) groups is 1. The van der Waals surface area contributed by atoms with E-state index < -0.39 is 0 Å². The Labute approximate surface area is 154 Å². The first kappa shape index (κ1) is 21.6. The van der Waals surface area contributed by atoms with E-state index >= 15 is 0 Å². The van der Waals surface area contributed by atoms with Gasteiger partial charge < -0.3 is 15.4 Å². The van der Waals surface area contributed by atoms with Crippen molar-refractivity contribution in [2.75, 3.05) is 26.7 Å². The number of benzene rings is 1. The van der Waals surface area contributed by atoms with Gasteiger partial charge in [0.25, 0.3) is 0 Å². The second kappa shape index (κ2) is 13.1. The van der Waals surface area contributed by atoms with Crippen LogP contribution in [0.5, 0.6) is 0 Å². The van der Waals surface area contributed by atoms with E-state index in [1.807, 2.05) is 6.07 Å². The van der Waals surface area contributed by atoms with Gasteiger partial charge in [0.1, 0.15) is 5.82 Å². The summed E-state index contributed by atoms with van der Waals surface area (Å²) >= 11 is 0. The summed E-state index contributed by atoms with van der Waals surface area (Å²) < 4.78 is 17.9. The number of carbonyl (C=O) groups excluding carboxylic acids is 1. The van der Waals surface area contributed by atoms with Gasteiger partial charge >= 0.3 is 5.97 Å². The maximum atomic E-state index is 13.1. The third kappa shape index (κ3) is 10.1. The molecule has 0 amide bonds. The van der Waals surface area contributed by atoms with Crippen LogP contribution < -0.4 is 10.6 Å². The van der Waals surface area contributed by atoms with Crippen molar-refractivity contribution in [3.05, 3.63) is 35.6 Å². The lowest BCUT2D eigenvalue weighted by Crippen LogP contribution is -2.38. The van der Waals surface area contributed by atoms with Crippen molar-refractivity contribution >= 4 is 35.9 Å². The average molecular weight is 437 g/mol. The number of ether oxygens (including phenoxy) is 1. The van der Waals surface area contributed by atoms with Crippen molar-refractivity contribution in [2.45, 2.75) is 26.2 Å². The lowest BCUT2D eigenvalue weighted by Gasteiger charge is -2.11. The van der Waals surface area contributed by atoms with E-state index in [1.54, 1.807) is 20.0 Å². The molecule has 1 aromatic rings. The smallest absolute Gasteiger partial charge is 0.305 e. The van der Waals surface area contributed by atoms with Crippen LogP contribution in [0.3, 0.4) is 0 Å². The number of hydrogen-bond acceptors (Lipinski definition) is 3. The topological polar surface area (TPSA) is 62.7 Å². The maximum absolute atomic E-state index is 13.1. The quantitative estimate of drug-likeness (QED) is 0.216. The number of aliphatic imine (C=N–C) groups is 1. The van der Waals surface area contributed by atoms with Crippen molar-refractivity contribution in [3.63, 3.8) is 0 Å². The Morgan fingerprint density at radius 2 is 2.04 bits per heavy atom. The molecule has 0 aliphatic rings. The molecule has 0 spiro atoms. The van der Waals surface area contributed by atoms with Gasteiger partial charge in [0.15, 0.2) is 5.96 Å². The van der Waals surface area contributed by atoms with E-state index in [9.17, 15) is 9.18 Å². The Balaban J connectivity index is 0.00000484. The summed E-state index contributed by atoms with van der Waals surface area (Å²) in [5.41, 5.74) is 0.935. The SMILES string of the molecule is CCOC(=O)CCCNC(=NC)NCCc1cccc(F)c1.I. The average Bonchev–Trinajstić information content (AvgIpc) is 2.50. The minimum Gasteiger partial charge on any atom is -0.466 e. The molecule has 5 nitrogen and oxygen atoms in total. The lowest BCUT2D eigenvalue weighted by atomic mass is 10.1. The highest BCUT2D eigenvalue weighted by molar-refractivity contribution is 14.0. The molecule has 0 fully saturated rings. The van der Waals surface area contributed by atoms with Crippen LogP contribution in [-0.2, 0) is 16.0 Å². The first-order valence-corrected chi connectivity index (χ1v) is 7.50. The molecule has 23 heavy (non-hydrogen) atoms. The Morgan fingerprint density at radius 3 is 2.70 bits per heavy atom. The summed E-state index contributed by atoms with van der Waals surface area (Å²) in [5.74, 6) is 0.262. The molecule has 0 radical (unpaired) electrons. The Morgan fingerprint density at radius 1 is 1.30 bits per heavy atom. The van der Waals surface area contributed by atoms with Crippen molar-refractivity contribution in [2.24, 2.45) is 4.99 Å². The zero-order valence-electron chi connectivity index (χ0n) is 13.6. The Kier molecular flexibility index (Phi) is 12.3. The molecule has 0 atom stereocenters. The number of guanidine groups is 1. The monoisotopic (exact) mass is 437 g/mol. The fraction of sp³-hybridized carbons (Fsp3) is 0.500. The molecule has 1 aromatic carbocycles. The van der Waals surface area contributed by atoms with Gasteiger partial charge in [-0.2, -0.15) is 0 Å². The van der Waals surface area contributed by atoms with Crippen LogP contribution >= 0.6 is 24.0 Å². The van der Waals surface area contributed by atoms with E-state index in [-0.39, 0.29) is 35.8 Å². The van der Waals surface area contributed by atoms with Crippen LogP contribution in [0.1, 0.15) is 25.3 Å². The van der Waals surface area contributed by atoms with Gasteiger partial charge in [0.2, 0.25) is 0 Å². The van der Waals surface area contributed by atoms with Crippen LogP contribution in [0.15, 0.2) is 29.3 Å². The van der Waals surface area contributed by atoms with Crippen molar-refractivity contribution in [1.82, 2.24) is 10.6 Å². The van der Waals surface area contributed by atoms with E-state index in [1.165, 1.54) is 12.1 Å². The summed E-state index contributed by atoms with van der Waals surface area (Å²) in [6.45, 7) is 3.50. The predicted octanol–water partition coefficient (Wildman–Crippen LogP) is 2.49. The molecule has 0 aliphatic heterocycles. The fourth-order valence-corrected chi connectivity index (χ4v) is 1.91. The minimum atomic E-state index is -0.223. The third-order valence-electron chi connectivity index (χ3n) is 2.97. The van der Waals surface area contributed by atoms with Crippen LogP contribution in [0.25, 0.3) is 0 Å². The molecule has 0 aromatic heterocycles. The van der Waals surface area contributed by atoms with Gasteiger partial charge in [-0.05, 0) is 37.5 Å². The number of esters is 1. The second-order valence-corrected chi connectivity index (χ2v) is 4.71. The zero-order chi connectivity index (χ0) is 16.2. The summed E-state index contributed by atoms with van der Waals surface area (Å²) in [4.78, 5) is 15.3. The van der Waals surface area contributed by atoms with Crippen LogP contribution in [0, 0.1) is 5.82 Å². The number of nitrogens with zero attached hydrogens (tertiary/aromatic N) is 1. The minimum absolute atomic E-state index is 0. The Hall–Kier alpha value is -1.38. The predicted molar refractivity (Wildman–Crippen MR) is 101 cm³/mol. The van der Waals surface area contributed by atoms with Crippen molar-refractivity contribution in [3.8, 4) is 0 Å². The normalized spacial score (nSPS) is 10.7. The third-order valence-corrected chi connectivity index (χ3v) is 2.97. The van der Waals surface area contributed by atoms with E-state index in [0.29, 0.717) is 44.9 Å². The van der Waals surface area contributed by atoms with Crippen LogP contribution in [-0.4, -0.2) is 38.7 Å². The van der Waals surface area contributed by atoms with Crippen LogP contribution in [0.4, 0.5) is 4.39 Å². The van der Waals surface area contributed by atoms with Gasteiger partial charge in [-0.15, -0.1) is 24.0 Å². The molecule has 0 unspecified atom stereocenters. The van der Waals surface area contributed by atoms with Gasteiger partial charge in [0, 0.05) is 26.6 Å². The molecule has 2 N–H and O–H groups in total. The lowest BCUT2D eigenvalue weighted by molar-refractivity contribution is -0.143. The number of rotatable bonds is 8. The molecular weight excluding hydrogens is 412 g/mol. The van der Waals surface area contributed by atoms with Crippen molar-refractivity contribution in [1.29, 1.82) is 0 Å². The van der Waals surface area contributed by atoms with E-state index in [4.69, 9.17) is 4.74 Å². The first-order valence-electron chi connectivity index (χ1n) is 7.50. The highest BCUT2D eigenvalue weighted by atomic mass is 127. The maximum Gasteiger partial charge on any atom is 0.305 e. The fourth-order valence-electron chi connectivity index (χ4n) is 1.91. The molecule has 0 saturated heterocycles. The summed E-state index contributed by atoms with van der Waals surface area (Å²) in [5, 5.41) is 6.27. The largest absolute Gasteiger partial charge is 0.466 e.